The van der Waals surface area contributed by atoms with E-state index in [0.29, 0.717) is 15.6 Å². The van der Waals surface area contributed by atoms with Crippen molar-refractivity contribution >= 4 is 31.0 Å². The average Bonchev–Trinajstić information content (AvgIpc) is 2.54. The summed E-state index contributed by atoms with van der Waals surface area (Å²) in [5, 5.41) is 0. The third kappa shape index (κ3) is 2.44. The van der Waals surface area contributed by atoms with Crippen LogP contribution in [0.15, 0.2) is 64.8 Å². The van der Waals surface area contributed by atoms with Crippen molar-refractivity contribution in [2.45, 2.75) is 0 Å². The molecule has 0 fully saturated rings. The number of fused-ring (bicyclic) bond motifs is 1. The Balaban J connectivity index is 2.09. The van der Waals surface area contributed by atoms with E-state index in [1.165, 1.54) is 7.11 Å². The maximum atomic E-state index is 12.7. The van der Waals surface area contributed by atoms with Crippen molar-refractivity contribution in [1.29, 1.82) is 0 Å². The fourth-order valence-electron chi connectivity index (χ4n) is 2.21. The van der Waals surface area contributed by atoms with E-state index in [1.54, 1.807) is 24.3 Å². The molecule has 104 valence electrons. The third-order valence-corrected chi connectivity index (χ3v) is 5.47. The molecule has 0 bridgehead atoms. The molecular formula is C17H12O3Se. The number of ketones is 2. The summed E-state index contributed by atoms with van der Waals surface area (Å²) in [7, 11) is 1.44. The van der Waals surface area contributed by atoms with Gasteiger partial charge in [0.05, 0.1) is 0 Å². The van der Waals surface area contributed by atoms with Crippen LogP contribution in [0.1, 0.15) is 20.7 Å². The van der Waals surface area contributed by atoms with E-state index in [0.717, 1.165) is 4.46 Å². The summed E-state index contributed by atoms with van der Waals surface area (Å²) in [6.07, 6.45) is 0. The van der Waals surface area contributed by atoms with Crippen LogP contribution in [-0.2, 0) is 4.74 Å². The molecule has 0 spiro atoms. The van der Waals surface area contributed by atoms with E-state index in [4.69, 9.17) is 4.74 Å². The number of hydrogen-bond acceptors (Lipinski definition) is 3. The number of carbonyl (C=O) groups is 2. The molecule has 0 N–H and O–H groups in total. The van der Waals surface area contributed by atoms with Crippen molar-refractivity contribution < 1.29 is 14.3 Å². The molecule has 0 saturated heterocycles. The molecule has 1 aliphatic rings. The van der Waals surface area contributed by atoms with Crippen LogP contribution in [0, 0.1) is 0 Å². The second-order valence-electron chi connectivity index (χ2n) is 4.48. The van der Waals surface area contributed by atoms with Crippen LogP contribution in [0.4, 0.5) is 0 Å². The van der Waals surface area contributed by atoms with Gasteiger partial charge >= 0.3 is 128 Å². The SMILES string of the molecule is COC1=C([Se]c2ccccc2)C(=O)c2ccccc2C1=O. The summed E-state index contributed by atoms with van der Waals surface area (Å²) < 4.78 is 6.76. The topological polar surface area (TPSA) is 43.4 Å². The summed E-state index contributed by atoms with van der Waals surface area (Å²) in [6, 6.07) is 16.6. The Kier molecular flexibility index (Phi) is 3.74. The molecule has 0 radical (unpaired) electrons. The van der Waals surface area contributed by atoms with E-state index in [-0.39, 0.29) is 32.3 Å². The summed E-state index contributed by atoms with van der Waals surface area (Å²) in [4.78, 5) is 25.1. The number of ether oxygens (including phenoxy) is 1. The van der Waals surface area contributed by atoms with Crippen molar-refractivity contribution in [3.05, 3.63) is 76.0 Å². The van der Waals surface area contributed by atoms with E-state index >= 15 is 0 Å². The van der Waals surface area contributed by atoms with Gasteiger partial charge in [0, 0.05) is 0 Å². The number of Topliss-reactive ketones (excluding diaryl/α,β-unsaturated/α-hetero) is 2. The van der Waals surface area contributed by atoms with Gasteiger partial charge in [-0.15, -0.1) is 0 Å². The molecule has 0 saturated carbocycles. The predicted molar refractivity (Wildman–Crippen MR) is 81.0 cm³/mol. The molecule has 0 unspecified atom stereocenters. The number of rotatable bonds is 3. The van der Waals surface area contributed by atoms with Crippen molar-refractivity contribution in [1.82, 2.24) is 0 Å². The van der Waals surface area contributed by atoms with Crippen molar-refractivity contribution in [2.75, 3.05) is 7.11 Å². The molecule has 0 amide bonds. The molecule has 0 heterocycles. The monoisotopic (exact) mass is 344 g/mol. The van der Waals surface area contributed by atoms with E-state index in [1.807, 2.05) is 30.3 Å². The molecular weight excluding hydrogens is 331 g/mol. The van der Waals surface area contributed by atoms with Gasteiger partial charge in [-0.25, -0.2) is 0 Å². The molecule has 2 aromatic rings. The Morgan fingerprint density at radius 2 is 1.38 bits per heavy atom. The first kappa shape index (κ1) is 13.8. The Labute approximate surface area is 128 Å². The summed E-state index contributed by atoms with van der Waals surface area (Å²) in [6.45, 7) is 0. The number of carbonyl (C=O) groups excluding carboxylic acids is 2. The second kappa shape index (κ2) is 5.68. The minimum absolute atomic E-state index is 0.106. The quantitative estimate of drug-likeness (QED) is 0.801. The fraction of sp³-hybridized carbons (Fsp3) is 0.0588. The maximum absolute atomic E-state index is 12.7. The number of hydrogen-bond donors (Lipinski definition) is 0. The molecule has 0 aromatic heterocycles. The standard InChI is InChI=1S/C17H12O3Se/c1-20-16-14(18)12-9-5-6-10-13(12)15(19)17(16)21-11-7-3-2-4-8-11/h2-10H,1H3. The first-order valence-electron chi connectivity index (χ1n) is 6.42. The Morgan fingerprint density at radius 3 is 2.00 bits per heavy atom. The normalized spacial score (nSPS) is 14.1. The van der Waals surface area contributed by atoms with E-state index in [9.17, 15) is 9.59 Å². The van der Waals surface area contributed by atoms with Gasteiger partial charge in [-0.05, 0) is 0 Å². The zero-order chi connectivity index (χ0) is 14.8. The predicted octanol–water partition coefficient (Wildman–Crippen LogP) is 1.95. The van der Waals surface area contributed by atoms with Crippen LogP contribution < -0.4 is 4.46 Å². The number of methoxy groups -OCH3 is 1. The molecule has 21 heavy (non-hydrogen) atoms. The molecule has 4 heteroatoms. The summed E-state index contributed by atoms with van der Waals surface area (Å²) in [5.74, 6) is -0.131. The minimum atomic E-state index is -0.257. The Bertz CT molecular complexity index is 748. The molecule has 1 aliphatic carbocycles. The third-order valence-electron chi connectivity index (χ3n) is 3.20. The molecule has 2 aromatic carbocycles. The number of benzene rings is 2. The Morgan fingerprint density at radius 1 is 0.810 bits per heavy atom. The van der Waals surface area contributed by atoms with Gasteiger partial charge < -0.3 is 0 Å². The second-order valence-corrected chi connectivity index (χ2v) is 6.76. The summed E-state index contributed by atoms with van der Waals surface area (Å²) in [5.41, 5.74) is 0.892. The van der Waals surface area contributed by atoms with E-state index in [2.05, 4.69) is 0 Å². The molecule has 0 aliphatic heterocycles. The summed E-state index contributed by atoms with van der Waals surface area (Å²) >= 11 is -0.257. The first-order chi connectivity index (χ1) is 10.2. The fourth-order valence-corrected chi connectivity index (χ4v) is 4.31. The van der Waals surface area contributed by atoms with Crippen molar-refractivity contribution in [3.8, 4) is 0 Å². The van der Waals surface area contributed by atoms with Gasteiger partial charge in [-0.2, -0.15) is 0 Å². The van der Waals surface area contributed by atoms with Crippen LogP contribution >= 0.6 is 0 Å². The van der Waals surface area contributed by atoms with Crippen LogP contribution in [0.2, 0.25) is 0 Å². The van der Waals surface area contributed by atoms with Gasteiger partial charge in [0.25, 0.3) is 0 Å². The zero-order valence-corrected chi connectivity index (χ0v) is 13.0. The van der Waals surface area contributed by atoms with Gasteiger partial charge in [0.2, 0.25) is 0 Å². The first-order valence-corrected chi connectivity index (χ1v) is 8.13. The number of allylic oxidation sites excluding steroid dienone is 2. The average molecular weight is 343 g/mol. The van der Waals surface area contributed by atoms with Gasteiger partial charge in [0.15, 0.2) is 0 Å². The van der Waals surface area contributed by atoms with Gasteiger partial charge in [-0.1, -0.05) is 0 Å². The zero-order valence-electron chi connectivity index (χ0n) is 11.3. The Hall–Kier alpha value is -2.16. The molecule has 0 atom stereocenters. The van der Waals surface area contributed by atoms with Crippen molar-refractivity contribution in [2.24, 2.45) is 0 Å². The molecule has 3 rings (SSSR count). The van der Waals surface area contributed by atoms with Crippen LogP contribution in [-0.4, -0.2) is 33.6 Å². The van der Waals surface area contributed by atoms with Crippen molar-refractivity contribution in [3.63, 3.8) is 0 Å². The van der Waals surface area contributed by atoms with Gasteiger partial charge in [0.1, 0.15) is 0 Å². The van der Waals surface area contributed by atoms with Crippen LogP contribution in [0.5, 0.6) is 0 Å². The van der Waals surface area contributed by atoms with Gasteiger partial charge in [-0.3, -0.25) is 0 Å². The van der Waals surface area contributed by atoms with E-state index < -0.39 is 0 Å². The van der Waals surface area contributed by atoms with Crippen LogP contribution in [0.3, 0.4) is 0 Å². The molecule has 3 nitrogen and oxygen atoms in total. The van der Waals surface area contributed by atoms with Crippen LogP contribution in [0.25, 0.3) is 0 Å².